The molecule has 1 nitrogen and oxygen atoms in total. The topological polar surface area (TPSA) is 17.1 Å². The summed E-state index contributed by atoms with van der Waals surface area (Å²) < 4.78 is 9.10. The zero-order valence-corrected chi connectivity index (χ0v) is 4.11. The zero-order chi connectivity index (χ0) is 3.41. The van der Waals surface area contributed by atoms with E-state index in [-0.39, 0.29) is 7.66 Å². The average Bonchev–Trinajstić information content (AvgIpc) is 1.37. The fraction of sp³-hybridized carbons (Fsp3) is 0. The molecule has 0 bridgehead atoms. The van der Waals surface area contributed by atoms with Crippen LogP contribution in [0.4, 0.5) is 0 Å². The third-order valence-electron chi connectivity index (χ3n) is 0.0282. The average molecular weight is 114 g/mol. The van der Waals surface area contributed by atoms with Crippen LogP contribution in [0.15, 0.2) is 0 Å². The van der Waals surface area contributed by atoms with Crippen LogP contribution in [0.3, 0.4) is 0 Å². The molecule has 0 rings (SSSR count). The highest BCUT2D eigenvalue weighted by molar-refractivity contribution is 8.58. The van der Waals surface area contributed by atoms with Gasteiger partial charge in [-0.15, -0.1) is 0 Å². The lowest BCUT2D eigenvalue weighted by Crippen LogP contribution is -0.890. The molecule has 0 aliphatic rings. The molecule has 0 aliphatic heterocycles. The molecule has 4 heavy (non-hydrogen) atoms. The molecule has 0 radical (unpaired) electrons. The molecule has 24 valence electrons. The van der Waals surface area contributed by atoms with Crippen molar-refractivity contribution < 1.29 is 4.57 Å². The molecule has 0 fully saturated rings. The number of rotatable bonds is 1. The highest BCUT2D eigenvalue weighted by Gasteiger charge is 1.59. The van der Waals surface area contributed by atoms with Gasteiger partial charge in [-0.05, 0) is 10.7 Å². The lowest BCUT2D eigenvalue weighted by Gasteiger charge is -1.45. The second kappa shape index (κ2) is 3.74. The Hall–Kier alpha value is 0.740. The van der Waals surface area contributed by atoms with Crippen molar-refractivity contribution in [2.75, 3.05) is 0 Å². The first-order valence-corrected chi connectivity index (χ1v) is 3.58. The maximum atomic E-state index is 9.10. The molecule has 0 saturated heterocycles. The first-order chi connectivity index (χ1) is 1.91. The van der Waals surface area contributed by atoms with Crippen molar-refractivity contribution in [3.05, 3.63) is 0 Å². The van der Waals surface area contributed by atoms with E-state index in [2.05, 4.69) is 0 Å². The Kier molecular flexibility index (Phi) is 4.43. The molecule has 4 heteroatoms. The maximum Gasteiger partial charge on any atom is 0.243 e. The van der Waals surface area contributed by atoms with E-state index in [0.717, 1.165) is 10.6 Å². The molecule has 0 atom stereocenters. The van der Waals surface area contributed by atoms with Crippen molar-refractivity contribution in [2.45, 2.75) is 0 Å². The Morgan fingerprint density at radius 2 is 2.25 bits per heavy atom. The molecule has 0 heterocycles. The highest BCUT2D eigenvalue weighted by Crippen LogP contribution is 2.20. The van der Waals surface area contributed by atoms with Gasteiger partial charge in [-0.1, -0.05) is 0 Å². The normalized spacial score (nSPS) is 8.25. The third-order valence-corrected chi connectivity index (χ3v) is 0.761. The minimum Gasteiger partial charge on any atom is -0.261 e. The van der Waals surface area contributed by atoms with Crippen LogP contribution < -0.4 is 0 Å². The fourth-order valence-electron chi connectivity index (χ4n) is 0. The molecule has 0 N–H and O–H groups in total. The van der Waals surface area contributed by atoms with Gasteiger partial charge in [0.15, 0.2) is 0 Å². The molecular formula is ClOPS. The van der Waals surface area contributed by atoms with Gasteiger partial charge in [-0.2, -0.15) is 0 Å². The van der Waals surface area contributed by atoms with Crippen LogP contribution in [0.5, 0.6) is 0 Å². The summed E-state index contributed by atoms with van der Waals surface area (Å²) in [6, 6.07) is 0. The summed E-state index contributed by atoms with van der Waals surface area (Å²) in [5.74, 6) is 0. The molecular weight excluding hydrogens is 114 g/mol. The van der Waals surface area contributed by atoms with Crippen LogP contribution >= 0.6 is 28.9 Å². The summed E-state index contributed by atoms with van der Waals surface area (Å²) in [6.45, 7) is 0. The zero-order valence-electron chi connectivity index (χ0n) is 1.64. The quantitative estimate of drug-likeness (QED) is 0.486. The van der Waals surface area contributed by atoms with E-state index < -0.39 is 0 Å². The van der Waals surface area contributed by atoms with Crippen LogP contribution in [0.25, 0.3) is 0 Å². The smallest absolute Gasteiger partial charge is 0.243 e. The third kappa shape index (κ3) is 2.74. The van der Waals surface area contributed by atoms with E-state index in [9.17, 15) is 0 Å². The Bertz CT molecular complexity index is 22.0. The van der Waals surface area contributed by atoms with Crippen LogP contribution in [0.1, 0.15) is 0 Å². The second-order valence-electron chi connectivity index (χ2n) is 0.144. The monoisotopic (exact) mass is 114 g/mol. The molecule has 0 aromatic carbocycles. The number of halogens is 1. The van der Waals surface area contributed by atoms with E-state index in [1.807, 2.05) is 0 Å². The van der Waals surface area contributed by atoms with Crippen LogP contribution in [-0.2, 0) is 4.57 Å². The predicted octanol–water partition coefficient (Wildman–Crippen LogP) is 2.08. The van der Waals surface area contributed by atoms with Gasteiger partial charge in [0.25, 0.3) is 0 Å². The van der Waals surface area contributed by atoms with Crippen molar-refractivity contribution in [1.29, 1.82) is 0 Å². The van der Waals surface area contributed by atoms with Crippen molar-refractivity contribution in [3.8, 4) is 0 Å². The van der Waals surface area contributed by atoms with Crippen molar-refractivity contribution in [3.63, 3.8) is 0 Å². The Balaban J connectivity index is 2.30. The first-order valence-electron chi connectivity index (χ1n) is 0.519. The fourth-order valence-corrected chi connectivity index (χ4v) is 0. The lowest BCUT2D eigenvalue weighted by molar-refractivity contribution is 0.605. The van der Waals surface area contributed by atoms with Gasteiger partial charge in [0, 0.05) is 10.6 Å². The molecule has 0 aliphatic carbocycles. The summed E-state index contributed by atoms with van der Waals surface area (Å²) in [5, 5.41) is 0. The van der Waals surface area contributed by atoms with Crippen molar-refractivity contribution in [2.24, 2.45) is 0 Å². The molecule has 0 aromatic heterocycles. The van der Waals surface area contributed by atoms with Gasteiger partial charge in [0.1, 0.15) is 0 Å². The van der Waals surface area contributed by atoms with Gasteiger partial charge >= 0.3 is 0 Å². The van der Waals surface area contributed by atoms with E-state index in [1.54, 1.807) is 0 Å². The van der Waals surface area contributed by atoms with E-state index in [0.29, 0.717) is 0 Å². The predicted molar refractivity (Wildman–Crippen MR) is 21.1 cm³/mol. The SMILES string of the molecule is O=PSCl. The van der Waals surface area contributed by atoms with Gasteiger partial charge in [-0.3, -0.25) is 4.57 Å². The summed E-state index contributed by atoms with van der Waals surface area (Å²) in [4.78, 5) is 0. The van der Waals surface area contributed by atoms with Crippen LogP contribution in [0, 0.1) is 0 Å². The Labute approximate surface area is 34.2 Å². The number of hydrogen-bond acceptors (Lipinski definition) is 2. The van der Waals surface area contributed by atoms with E-state index in [4.69, 9.17) is 15.2 Å². The molecule has 0 spiro atoms. The Morgan fingerprint density at radius 3 is 2.25 bits per heavy atom. The minimum atomic E-state index is -0.0694. The Morgan fingerprint density at radius 1 is 2.00 bits per heavy atom. The van der Waals surface area contributed by atoms with Gasteiger partial charge in [-0.25, -0.2) is 0 Å². The van der Waals surface area contributed by atoms with Gasteiger partial charge in [0.2, 0.25) is 7.66 Å². The maximum absolute atomic E-state index is 9.10. The van der Waals surface area contributed by atoms with Crippen molar-refractivity contribution in [1.82, 2.24) is 0 Å². The summed E-state index contributed by atoms with van der Waals surface area (Å²) in [7, 11) is 5.45. The van der Waals surface area contributed by atoms with E-state index in [1.165, 1.54) is 0 Å². The van der Waals surface area contributed by atoms with E-state index >= 15 is 0 Å². The lowest BCUT2D eigenvalue weighted by atomic mass is 16.0. The molecule has 0 amide bonds. The minimum absolute atomic E-state index is 0.0694. The number of hydrogen-bond donors (Lipinski definition) is 0. The highest BCUT2D eigenvalue weighted by atomic mass is 35.7. The first kappa shape index (κ1) is 4.74. The summed E-state index contributed by atoms with van der Waals surface area (Å²) in [6.07, 6.45) is 0. The van der Waals surface area contributed by atoms with Crippen LogP contribution in [0.2, 0.25) is 0 Å². The molecule has 0 saturated carbocycles. The van der Waals surface area contributed by atoms with Crippen LogP contribution in [-0.4, -0.2) is 0 Å². The molecule has 0 aromatic rings. The molecule has 0 unspecified atom stereocenters. The van der Waals surface area contributed by atoms with Gasteiger partial charge < -0.3 is 0 Å². The largest absolute Gasteiger partial charge is 0.261 e. The summed E-state index contributed by atoms with van der Waals surface area (Å²) >= 11 is 0. The van der Waals surface area contributed by atoms with Crippen molar-refractivity contribution >= 4 is 28.9 Å². The van der Waals surface area contributed by atoms with Gasteiger partial charge in [0.05, 0.1) is 0 Å². The standard InChI is InChI=1S/ClOPS/c1-4-3-2. The summed E-state index contributed by atoms with van der Waals surface area (Å²) in [5.41, 5.74) is 0. The second-order valence-corrected chi connectivity index (χ2v) is 2.53.